The zero-order valence-corrected chi connectivity index (χ0v) is 9.95. The molecule has 0 radical (unpaired) electrons. The topological polar surface area (TPSA) is 96.0 Å². The number of amides is 2. The molecule has 1 fully saturated rings. The van der Waals surface area contributed by atoms with Crippen molar-refractivity contribution in [2.75, 3.05) is 0 Å². The van der Waals surface area contributed by atoms with Crippen LogP contribution in [0, 0.1) is 17.2 Å². The molecule has 0 spiro atoms. The van der Waals surface area contributed by atoms with E-state index in [2.05, 4.69) is 5.32 Å². The lowest BCUT2D eigenvalue weighted by Gasteiger charge is -2.23. The van der Waals surface area contributed by atoms with E-state index in [0.717, 1.165) is 25.7 Å². The third kappa shape index (κ3) is 4.43. The molecule has 0 aromatic carbocycles. The van der Waals surface area contributed by atoms with Crippen LogP contribution in [0.4, 0.5) is 0 Å². The number of nitrogens with two attached hydrogens (primary N) is 1. The summed E-state index contributed by atoms with van der Waals surface area (Å²) in [6.45, 7) is 0. The average molecular weight is 237 g/mol. The van der Waals surface area contributed by atoms with Gasteiger partial charge in [0.1, 0.15) is 6.04 Å². The molecule has 1 aliphatic rings. The highest BCUT2D eigenvalue weighted by atomic mass is 16.2. The van der Waals surface area contributed by atoms with Crippen molar-refractivity contribution in [2.45, 2.75) is 51.0 Å². The van der Waals surface area contributed by atoms with Crippen LogP contribution >= 0.6 is 0 Å². The van der Waals surface area contributed by atoms with Crippen molar-refractivity contribution in [3.8, 4) is 6.07 Å². The standard InChI is InChI=1S/C12H19N3O2/c13-8-4-7-10(11(14)16)15-12(17)9-5-2-1-3-6-9/h9-10H,1-7H2,(H2,14,16)(H,15,17)/t10-/m1/s1. The Morgan fingerprint density at radius 2 is 2.00 bits per heavy atom. The van der Waals surface area contributed by atoms with Crippen LogP contribution < -0.4 is 11.1 Å². The van der Waals surface area contributed by atoms with Gasteiger partial charge in [-0.1, -0.05) is 19.3 Å². The predicted molar refractivity (Wildman–Crippen MR) is 62.5 cm³/mol. The van der Waals surface area contributed by atoms with Crippen molar-refractivity contribution in [1.29, 1.82) is 5.26 Å². The van der Waals surface area contributed by atoms with Crippen LogP contribution in [0.5, 0.6) is 0 Å². The van der Waals surface area contributed by atoms with Crippen LogP contribution in [0.2, 0.25) is 0 Å². The Bertz CT molecular complexity index is 316. The summed E-state index contributed by atoms with van der Waals surface area (Å²) < 4.78 is 0. The molecule has 94 valence electrons. The molecule has 1 rings (SSSR count). The number of rotatable bonds is 5. The van der Waals surface area contributed by atoms with Gasteiger partial charge in [0.15, 0.2) is 0 Å². The molecular weight excluding hydrogens is 218 g/mol. The monoisotopic (exact) mass is 237 g/mol. The van der Waals surface area contributed by atoms with Crippen LogP contribution in [0.3, 0.4) is 0 Å². The number of primary amides is 1. The second kappa shape index (κ2) is 6.89. The molecule has 0 heterocycles. The Morgan fingerprint density at radius 1 is 1.35 bits per heavy atom. The van der Waals surface area contributed by atoms with Crippen LogP contribution in [0.1, 0.15) is 44.9 Å². The molecule has 0 aromatic heterocycles. The lowest BCUT2D eigenvalue weighted by Crippen LogP contribution is -2.46. The minimum Gasteiger partial charge on any atom is -0.368 e. The molecule has 17 heavy (non-hydrogen) atoms. The first-order valence-electron chi connectivity index (χ1n) is 6.11. The summed E-state index contributed by atoms with van der Waals surface area (Å²) in [6.07, 6.45) is 5.60. The number of carbonyl (C=O) groups is 2. The van der Waals surface area contributed by atoms with Gasteiger partial charge in [0, 0.05) is 12.3 Å². The first-order valence-corrected chi connectivity index (χ1v) is 6.11. The Kier molecular flexibility index (Phi) is 5.47. The van der Waals surface area contributed by atoms with E-state index in [1.165, 1.54) is 6.42 Å². The fourth-order valence-corrected chi connectivity index (χ4v) is 2.15. The molecule has 0 aliphatic heterocycles. The van der Waals surface area contributed by atoms with Crippen molar-refractivity contribution in [1.82, 2.24) is 5.32 Å². The van der Waals surface area contributed by atoms with Gasteiger partial charge in [0.25, 0.3) is 0 Å². The van der Waals surface area contributed by atoms with Gasteiger partial charge in [-0.2, -0.15) is 5.26 Å². The summed E-state index contributed by atoms with van der Waals surface area (Å²) in [6, 6.07) is 1.24. The maximum absolute atomic E-state index is 11.9. The van der Waals surface area contributed by atoms with Gasteiger partial charge < -0.3 is 11.1 Å². The van der Waals surface area contributed by atoms with Crippen LogP contribution in [-0.4, -0.2) is 17.9 Å². The quantitative estimate of drug-likeness (QED) is 0.741. The van der Waals surface area contributed by atoms with E-state index in [9.17, 15) is 9.59 Å². The third-order valence-corrected chi connectivity index (χ3v) is 3.18. The van der Waals surface area contributed by atoms with Crippen molar-refractivity contribution in [2.24, 2.45) is 11.7 Å². The fraction of sp³-hybridized carbons (Fsp3) is 0.750. The molecule has 1 atom stereocenters. The summed E-state index contributed by atoms with van der Waals surface area (Å²) in [5, 5.41) is 11.1. The van der Waals surface area contributed by atoms with Gasteiger partial charge in [-0.15, -0.1) is 0 Å². The van der Waals surface area contributed by atoms with Gasteiger partial charge in [-0.05, 0) is 19.3 Å². The molecule has 0 saturated heterocycles. The van der Waals surface area contributed by atoms with Crippen LogP contribution in [0.15, 0.2) is 0 Å². The predicted octanol–water partition coefficient (Wildman–Crippen LogP) is 0.841. The van der Waals surface area contributed by atoms with Gasteiger partial charge >= 0.3 is 0 Å². The van der Waals surface area contributed by atoms with E-state index >= 15 is 0 Å². The first-order chi connectivity index (χ1) is 8.15. The maximum Gasteiger partial charge on any atom is 0.240 e. The van der Waals surface area contributed by atoms with Crippen molar-refractivity contribution in [3.63, 3.8) is 0 Å². The largest absolute Gasteiger partial charge is 0.368 e. The minimum atomic E-state index is -0.705. The highest BCUT2D eigenvalue weighted by Gasteiger charge is 2.25. The Hall–Kier alpha value is -1.57. The van der Waals surface area contributed by atoms with E-state index in [4.69, 9.17) is 11.0 Å². The number of nitrogens with zero attached hydrogens (tertiary/aromatic N) is 1. The Labute approximate surface area is 101 Å². The normalized spacial score (nSPS) is 18.1. The van der Waals surface area contributed by atoms with E-state index in [1.807, 2.05) is 6.07 Å². The summed E-state index contributed by atoms with van der Waals surface area (Å²) in [5.41, 5.74) is 5.19. The van der Waals surface area contributed by atoms with Crippen molar-refractivity contribution >= 4 is 11.8 Å². The SMILES string of the molecule is N#CCC[C@@H](NC(=O)C1CCCCC1)C(N)=O. The molecule has 1 aliphatic carbocycles. The van der Waals surface area contributed by atoms with Crippen LogP contribution in [0.25, 0.3) is 0 Å². The number of nitriles is 1. The van der Waals surface area contributed by atoms with Gasteiger partial charge in [0.05, 0.1) is 6.07 Å². The van der Waals surface area contributed by atoms with Crippen LogP contribution in [-0.2, 0) is 9.59 Å². The average Bonchev–Trinajstić information content (AvgIpc) is 2.35. The van der Waals surface area contributed by atoms with E-state index in [1.54, 1.807) is 0 Å². The summed E-state index contributed by atoms with van der Waals surface area (Å²) in [4.78, 5) is 23.0. The summed E-state index contributed by atoms with van der Waals surface area (Å²) in [5.74, 6) is -0.650. The summed E-state index contributed by atoms with van der Waals surface area (Å²) in [7, 11) is 0. The van der Waals surface area contributed by atoms with Crippen molar-refractivity contribution < 1.29 is 9.59 Å². The lowest BCUT2D eigenvalue weighted by molar-refractivity contribution is -0.130. The highest BCUT2D eigenvalue weighted by molar-refractivity contribution is 5.87. The molecular formula is C12H19N3O2. The minimum absolute atomic E-state index is 0.00712. The Morgan fingerprint density at radius 3 is 2.53 bits per heavy atom. The Balaban J connectivity index is 2.45. The van der Waals surface area contributed by atoms with Gasteiger partial charge in [-0.3, -0.25) is 9.59 Å². The molecule has 0 aromatic rings. The number of nitrogens with one attached hydrogen (secondary N) is 1. The fourth-order valence-electron chi connectivity index (χ4n) is 2.15. The summed E-state index contributed by atoms with van der Waals surface area (Å²) >= 11 is 0. The molecule has 0 unspecified atom stereocenters. The first kappa shape index (κ1) is 13.5. The maximum atomic E-state index is 11.9. The van der Waals surface area contributed by atoms with E-state index in [0.29, 0.717) is 6.42 Å². The molecule has 5 nitrogen and oxygen atoms in total. The zero-order chi connectivity index (χ0) is 12.7. The second-order valence-electron chi connectivity index (χ2n) is 4.50. The van der Waals surface area contributed by atoms with Crippen molar-refractivity contribution in [3.05, 3.63) is 0 Å². The molecule has 3 N–H and O–H groups in total. The smallest absolute Gasteiger partial charge is 0.240 e. The molecule has 2 amide bonds. The third-order valence-electron chi connectivity index (χ3n) is 3.18. The van der Waals surface area contributed by atoms with E-state index < -0.39 is 11.9 Å². The highest BCUT2D eigenvalue weighted by Crippen LogP contribution is 2.23. The van der Waals surface area contributed by atoms with Gasteiger partial charge in [0.2, 0.25) is 11.8 Å². The molecule has 5 heteroatoms. The van der Waals surface area contributed by atoms with E-state index in [-0.39, 0.29) is 18.2 Å². The number of carbonyl (C=O) groups excluding carboxylic acids is 2. The lowest BCUT2D eigenvalue weighted by atomic mass is 9.88. The molecule has 1 saturated carbocycles. The molecule has 0 bridgehead atoms. The number of hydrogen-bond donors (Lipinski definition) is 2. The number of hydrogen-bond acceptors (Lipinski definition) is 3. The van der Waals surface area contributed by atoms with Gasteiger partial charge in [-0.25, -0.2) is 0 Å². The second-order valence-corrected chi connectivity index (χ2v) is 4.50. The zero-order valence-electron chi connectivity index (χ0n) is 9.95.